The number of carbonyl (C=O) groups excluding carboxylic acids is 1. The largest absolute Gasteiger partial charge is 0.324 e. The normalized spacial score (nSPS) is 14.2. The summed E-state index contributed by atoms with van der Waals surface area (Å²) in [4.78, 5) is 12.4. The van der Waals surface area contributed by atoms with Gasteiger partial charge in [-0.1, -0.05) is 42.0 Å². The van der Waals surface area contributed by atoms with Gasteiger partial charge in [-0.25, -0.2) is 8.42 Å². The summed E-state index contributed by atoms with van der Waals surface area (Å²) in [6.45, 7) is 1.98. The molecule has 0 unspecified atom stereocenters. The average Bonchev–Trinajstić information content (AvgIpc) is 3.32. The van der Waals surface area contributed by atoms with Gasteiger partial charge < -0.3 is 5.32 Å². The Morgan fingerprint density at radius 3 is 2.52 bits per heavy atom. The highest BCUT2D eigenvalue weighted by molar-refractivity contribution is 7.92. The van der Waals surface area contributed by atoms with Crippen molar-refractivity contribution in [3.8, 4) is 0 Å². The van der Waals surface area contributed by atoms with Gasteiger partial charge in [0.15, 0.2) is 0 Å². The van der Waals surface area contributed by atoms with E-state index in [1.54, 1.807) is 24.3 Å². The second kappa shape index (κ2) is 6.88. The molecule has 0 aromatic heterocycles. The first-order valence-electron chi connectivity index (χ1n) is 8.28. The lowest BCUT2D eigenvalue weighted by molar-refractivity contribution is -0.115. The van der Waals surface area contributed by atoms with Crippen LogP contribution in [-0.4, -0.2) is 26.6 Å². The van der Waals surface area contributed by atoms with E-state index >= 15 is 0 Å². The third-order valence-electron chi connectivity index (χ3n) is 4.10. The van der Waals surface area contributed by atoms with Gasteiger partial charge >= 0.3 is 0 Å². The highest BCUT2D eigenvalue weighted by atomic mass is 32.2. The summed E-state index contributed by atoms with van der Waals surface area (Å²) < 4.78 is 25.8. The molecule has 1 amide bonds. The van der Waals surface area contributed by atoms with Crippen LogP contribution in [0.15, 0.2) is 48.5 Å². The number of rotatable bonds is 6. The summed E-state index contributed by atoms with van der Waals surface area (Å²) in [5, 5.41) is 2.87. The third kappa shape index (κ3) is 4.39. The zero-order valence-corrected chi connectivity index (χ0v) is 15.2. The molecule has 0 heterocycles. The van der Waals surface area contributed by atoms with Crippen molar-refractivity contribution in [2.45, 2.75) is 32.2 Å². The molecule has 25 heavy (non-hydrogen) atoms. The van der Waals surface area contributed by atoms with Gasteiger partial charge in [-0.2, -0.15) is 0 Å². The lowest BCUT2D eigenvalue weighted by Gasteiger charge is -2.24. The smallest absolute Gasteiger partial charge is 0.232 e. The molecule has 1 aliphatic carbocycles. The maximum absolute atomic E-state index is 12.4. The van der Waals surface area contributed by atoms with Crippen molar-refractivity contribution >= 4 is 27.3 Å². The van der Waals surface area contributed by atoms with E-state index in [-0.39, 0.29) is 18.4 Å². The van der Waals surface area contributed by atoms with E-state index in [1.807, 2.05) is 31.2 Å². The van der Waals surface area contributed by atoms with Crippen LogP contribution in [0.1, 0.15) is 24.0 Å². The molecule has 1 fully saturated rings. The quantitative estimate of drug-likeness (QED) is 0.863. The van der Waals surface area contributed by atoms with Crippen molar-refractivity contribution in [2.75, 3.05) is 15.9 Å². The Labute approximate surface area is 148 Å². The van der Waals surface area contributed by atoms with E-state index in [2.05, 4.69) is 5.32 Å². The highest BCUT2D eigenvalue weighted by Gasteiger charge is 2.36. The number of aryl methyl sites for hydroxylation is 1. The maximum Gasteiger partial charge on any atom is 0.232 e. The van der Waals surface area contributed by atoms with Gasteiger partial charge in [-0.3, -0.25) is 9.10 Å². The fourth-order valence-corrected chi connectivity index (χ4v) is 4.20. The van der Waals surface area contributed by atoms with E-state index in [0.717, 1.165) is 24.0 Å². The second-order valence-corrected chi connectivity index (χ2v) is 8.38. The number of hydrogen-bond donors (Lipinski definition) is 1. The van der Waals surface area contributed by atoms with Gasteiger partial charge in [-0.15, -0.1) is 0 Å². The standard InChI is InChI=1S/C19H22N2O3S/c1-14-6-5-7-15(12-14)13-19(22)20-17-8-3-4-9-18(17)21(16-10-11-16)25(2,23)24/h3-9,12,16H,10-11,13H2,1-2H3,(H,20,22). The minimum Gasteiger partial charge on any atom is -0.324 e. The highest BCUT2D eigenvalue weighted by Crippen LogP contribution is 2.37. The van der Waals surface area contributed by atoms with Crippen LogP contribution in [0.5, 0.6) is 0 Å². The molecule has 0 aliphatic heterocycles. The van der Waals surface area contributed by atoms with Gasteiger partial charge in [-0.05, 0) is 37.5 Å². The van der Waals surface area contributed by atoms with Gasteiger partial charge in [0.2, 0.25) is 15.9 Å². The molecule has 1 N–H and O–H groups in total. The Bertz CT molecular complexity index is 889. The number of nitrogens with one attached hydrogen (secondary N) is 1. The van der Waals surface area contributed by atoms with E-state index in [0.29, 0.717) is 11.4 Å². The zero-order valence-electron chi connectivity index (χ0n) is 14.4. The molecule has 0 spiro atoms. The van der Waals surface area contributed by atoms with Gasteiger partial charge in [0.05, 0.1) is 24.1 Å². The SMILES string of the molecule is Cc1cccc(CC(=O)Nc2ccccc2N(C2CC2)S(C)(=O)=O)c1. The number of benzene rings is 2. The Balaban J connectivity index is 1.82. The van der Waals surface area contributed by atoms with E-state index < -0.39 is 10.0 Å². The molecule has 132 valence electrons. The van der Waals surface area contributed by atoms with Gasteiger partial charge in [0, 0.05) is 6.04 Å². The van der Waals surface area contributed by atoms with Crippen LogP contribution in [0.25, 0.3) is 0 Å². The Kier molecular flexibility index (Phi) is 4.81. The first-order chi connectivity index (χ1) is 11.8. The Morgan fingerprint density at radius 2 is 1.88 bits per heavy atom. The van der Waals surface area contributed by atoms with Crippen LogP contribution >= 0.6 is 0 Å². The van der Waals surface area contributed by atoms with Crippen LogP contribution in [-0.2, 0) is 21.2 Å². The Morgan fingerprint density at radius 1 is 1.16 bits per heavy atom. The van der Waals surface area contributed by atoms with Gasteiger partial charge in [0.1, 0.15) is 0 Å². The van der Waals surface area contributed by atoms with Crippen molar-refractivity contribution < 1.29 is 13.2 Å². The summed E-state index contributed by atoms with van der Waals surface area (Å²) in [6.07, 6.45) is 3.15. The molecular formula is C19H22N2O3S. The van der Waals surface area contributed by atoms with Crippen molar-refractivity contribution in [3.63, 3.8) is 0 Å². The summed E-state index contributed by atoms with van der Waals surface area (Å²) in [5.41, 5.74) is 3.09. The van der Waals surface area contributed by atoms with Gasteiger partial charge in [0.25, 0.3) is 0 Å². The van der Waals surface area contributed by atoms with Crippen molar-refractivity contribution in [2.24, 2.45) is 0 Å². The van der Waals surface area contributed by atoms with Crippen LogP contribution in [0, 0.1) is 6.92 Å². The molecule has 3 rings (SSSR count). The molecule has 1 aliphatic rings. The number of hydrogen-bond acceptors (Lipinski definition) is 3. The van der Waals surface area contributed by atoms with Crippen molar-refractivity contribution in [1.82, 2.24) is 0 Å². The average molecular weight is 358 g/mol. The van der Waals surface area contributed by atoms with Crippen LogP contribution in [0.3, 0.4) is 0 Å². The second-order valence-electron chi connectivity index (χ2n) is 6.52. The molecular weight excluding hydrogens is 336 g/mol. The predicted octanol–water partition coefficient (Wildman–Crippen LogP) is 3.10. The molecule has 0 radical (unpaired) electrons. The molecule has 0 bridgehead atoms. The molecule has 6 heteroatoms. The van der Waals surface area contributed by atoms with Crippen molar-refractivity contribution in [1.29, 1.82) is 0 Å². The van der Waals surface area contributed by atoms with Crippen LogP contribution < -0.4 is 9.62 Å². The molecule has 5 nitrogen and oxygen atoms in total. The first kappa shape index (κ1) is 17.5. The third-order valence-corrected chi connectivity index (χ3v) is 5.31. The maximum atomic E-state index is 12.4. The number of anilines is 2. The molecule has 2 aromatic rings. The Hall–Kier alpha value is -2.34. The summed E-state index contributed by atoms with van der Waals surface area (Å²) in [6, 6.07) is 14.8. The van der Waals surface area contributed by atoms with E-state index in [4.69, 9.17) is 0 Å². The van der Waals surface area contributed by atoms with Crippen LogP contribution in [0.4, 0.5) is 11.4 Å². The lowest BCUT2D eigenvalue weighted by Crippen LogP contribution is -2.33. The molecule has 2 aromatic carbocycles. The minimum atomic E-state index is -3.40. The van der Waals surface area contributed by atoms with E-state index in [9.17, 15) is 13.2 Å². The summed E-state index contributed by atoms with van der Waals surface area (Å²) >= 11 is 0. The van der Waals surface area contributed by atoms with E-state index in [1.165, 1.54) is 10.6 Å². The van der Waals surface area contributed by atoms with Crippen molar-refractivity contribution in [3.05, 3.63) is 59.7 Å². The van der Waals surface area contributed by atoms with Crippen LogP contribution in [0.2, 0.25) is 0 Å². The number of nitrogens with zero attached hydrogens (tertiary/aromatic N) is 1. The number of sulfonamides is 1. The number of amides is 1. The summed E-state index contributed by atoms with van der Waals surface area (Å²) in [5.74, 6) is -0.165. The zero-order chi connectivity index (χ0) is 18.0. The first-order valence-corrected chi connectivity index (χ1v) is 10.1. The minimum absolute atomic E-state index is 0.00942. The fourth-order valence-electron chi connectivity index (χ4n) is 2.93. The predicted molar refractivity (Wildman–Crippen MR) is 100 cm³/mol. The molecule has 1 saturated carbocycles. The summed E-state index contributed by atoms with van der Waals surface area (Å²) in [7, 11) is -3.40. The topological polar surface area (TPSA) is 66.5 Å². The molecule has 0 atom stereocenters. The lowest BCUT2D eigenvalue weighted by atomic mass is 10.1. The fraction of sp³-hybridized carbons (Fsp3) is 0.316. The number of carbonyl (C=O) groups is 1. The monoisotopic (exact) mass is 358 g/mol. The number of para-hydroxylation sites is 2. The molecule has 0 saturated heterocycles.